The monoisotopic (exact) mass is 253 g/mol. The molecule has 1 fully saturated rings. The van der Waals surface area contributed by atoms with Gasteiger partial charge in [-0.2, -0.15) is 0 Å². The molecule has 1 aromatic rings. The lowest BCUT2D eigenvalue weighted by Gasteiger charge is -2.32. The smallest absolute Gasteiger partial charge is 0.130 e. The molecule has 1 saturated carbocycles. The molecule has 3 unspecified atom stereocenters. The maximum absolute atomic E-state index is 13.7. The number of rotatable bonds is 3. The van der Waals surface area contributed by atoms with Crippen molar-refractivity contribution in [3.8, 4) is 0 Å². The number of halogens is 2. The molecule has 1 aliphatic rings. The average molecular weight is 253 g/mol. The molecule has 1 nitrogen and oxygen atoms in total. The average Bonchev–Trinajstić information content (AvgIpc) is 2.38. The van der Waals surface area contributed by atoms with Crippen molar-refractivity contribution < 1.29 is 8.78 Å². The molecule has 0 heterocycles. The number of hydrogen-bond donors (Lipinski definition) is 1. The second-order valence-corrected chi connectivity index (χ2v) is 5.39. The van der Waals surface area contributed by atoms with Crippen molar-refractivity contribution in [1.29, 1.82) is 0 Å². The van der Waals surface area contributed by atoms with E-state index in [9.17, 15) is 8.78 Å². The third kappa shape index (κ3) is 2.89. The summed E-state index contributed by atoms with van der Waals surface area (Å²) in [5.41, 5.74) is 6.63. The topological polar surface area (TPSA) is 26.0 Å². The van der Waals surface area contributed by atoms with Crippen molar-refractivity contribution >= 4 is 0 Å². The second-order valence-electron chi connectivity index (χ2n) is 5.39. The summed E-state index contributed by atoms with van der Waals surface area (Å²) < 4.78 is 26.6. The van der Waals surface area contributed by atoms with Crippen LogP contribution in [0.25, 0.3) is 0 Å². The molecule has 18 heavy (non-hydrogen) atoms. The van der Waals surface area contributed by atoms with E-state index in [-0.39, 0.29) is 6.04 Å². The summed E-state index contributed by atoms with van der Waals surface area (Å²) in [7, 11) is 0. The van der Waals surface area contributed by atoms with E-state index < -0.39 is 11.6 Å². The minimum atomic E-state index is -0.543. The summed E-state index contributed by atoms with van der Waals surface area (Å²) in [5, 5.41) is 0. The number of nitrogens with two attached hydrogens (primary N) is 1. The lowest BCUT2D eigenvalue weighted by Crippen LogP contribution is -2.27. The first-order valence-electron chi connectivity index (χ1n) is 6.82. The molecule has 3 atom stereocenters. The Bertz CT molecular complexity index is 405. The lowest BCUT2D eigenvalue weighted by atomic mass is 9.75. The first-order chi connectivity index (χ1) is 8.61. The van der Waals surface area contributed by atoms with Gasteiger partial charge in [0.05, 0.1) is 0 Å². The zero-order valence-corrected chi connectivity index (χ0v) is 10.8. The molecule has 3 heteroatoms. The fourth-order valence-corrected chi connectivity index (χ4v) is 3.06. The van der Waals surface area contributed by atoms with Crippen molar-refractivity contribution in [2.24, 2.45) is 17.6 Å². The molecule has 0 saturated heterocycles. The SMILES string of the molecule is CCC1CCCC(C(N)c2ccc(F)cc2F)C1. The Labute approximate surface area is 107 Å². The Morgan fingerprint density at radius 3 is 2.78 bits per heavy atom. The summed E-state index contributed by atoms with van der Waals surface area (Å²) >= 11 is 0. The lowest BCUT2D eigenvalue weighted by molar-refractivity contribution is 0.228. The normalized spacial score (nSPS) is 26.0. The molecule has 2 N–H and O–H groups in total. The molecular weight excluding hydrogens is 232 g/mol. The van der Waals surface area contributed by atoms with Crippen LogP contribution in [0.1, 0.15) is 50.6 Å². The van der Waals surface area contributed by atoms with Crippen molar-refractivity contribution in [2.45, 2.75) is 45.1 Å². The summed E-state index contributed by atoms with van der Waals surface area (Å²) in [6, 6.07) is 3.40. The molecule has 2 rings (SSSR count). The molecule has 0 amide bonds. The summed E-state index contributed by atoms with van der Waals surface area (Å²) in [6.07, 6.45) is 5.70. The number of hydrogen-bond acceptors (Lipinski definition) is 1. The maximum atomic E-state index is 13.7. The van der Waals surface area contributed by atoms with Gasteiger partial charge >= 0.3 is 0 Å². The van der Waals surface area contributed by atoms with Crippen molar-refractivity contribution in [3.63, 3.8) is 0 Å². The van der Waals surface area contributed by atoms with Crippen LogP contribution < -0.4 is 5.73 Å². The standard InChI is InChI=1S/C15H21F2N/c1-2-10-4-3-5-11(8-10)15(18)13-7-6-12(16)9-14(13)17/h6-7,9-11,15H,2-5,8,18H2,1H3. The highest BCUT2D eigenvalue weighted by Gasteiger charge is 2.27. The quantitative estimate of drug-likeness (QED) is 0.859. The van der Waals surface area contributed by atoms with Gasteiger partial charge in [-0.3, -0.25) is 0 Å². The predicted octanol–water partition coefficient (Wildman–Crippen LogP) is 4.18. The zero-order valence-electron chi connectivity index (χ0n) is 10.8. The Morgan fingerprint density at radius 1 is 1.33 bits per heavy atom. The highest BCUT2D eigenvalue weighted by Crippen LogP contribution is 2.37. The van der Waals surface area contributed by atoms with Gasteiger partial charge in [-0.05, 0) is 30.7 Å². The second kappa shape index (κ2) is 5.79. The minimum absolute atomic E-state index is 0.306. The van der Waals surface area contributed by atoms with Gasteiger partial charge in [-0.25, -0.2) is 8.78 Å². The molecule has 100 valence electrons. The van der Waals surface area contributed by atoms with Crippen molar-refractivity contribution in [1.82, 2.24) is 0 Å². The Balaban J connectivity index is 2.12. The number of benzene rings is 1. The van der Waals surface area contributed by atoms with Gasteiger partial charge < -0.3 is 5.73 Å². The van der Waals surface area contributed by atoms with Crippen LogP contribution >= 0.6 is 0 Å². The van der Waals surface area contributed by atoms with Crippen molar-refractivity contribution in [2.75, 3.05) is 0 Å². The predicted molar refractivity (Wildman–Crippen MR) is 69.0 cm³/mol. The summed E-state index contributed by atoms with van der Waals surface area (Å²) in [4.78, 5) is 0. The molecule has 1 aromatic carbocycles. The molecule has 0 radical (unpaired) electrons. The Kier molecular flexibility index (Phi) is 4.33. The third-order valence-electron chi connectivity index (χ3n) is 4.23. The summed E-state index contributed by atoms with van der Waals surface area (Å²) in [6.45, 7) is 2.19. The zero-order chi connectivity index (χ0) is 13.1. The molecule has 0 aromatic heterocycles. The fourth-order valence-electron chi connectivity index (χ4n) is 3.06. The van der Waals surface area contributed by atoms with Gasteiger partial charge in [0.2, 0.25) is 0 Å². The van der Waals surface area contributed by atoms with E-state index in [1.807, 2.05) is 0 Å². The third-order valence-corrected chi connectivity index (χ3v) is 4.23. The Hall–Kier alpha value is -0.960. The van der Waals surface area contributed by atoms with Crippen LogP contribution in [-0.2, 0) is 0 Å². The minimum Gasteiger partial charge on any atom is -0.324 e. The van der Waals surface area contributed by atoms with Crippen LogP contribution in [0.15, 0.2) is 18.2 Å². The van der Waals surface area contributed by atoms with E-state index in [4.69, 9.17) is 5.73 Å². The van der Waals surface area contributed by atoms with Gasteiger partial charge in [0.1, 0.15) is 11.6 Å². The van der Waals surface area contributed by atoms with E-state index >= 15 is 0 Å². The van der Waals surface area contributed by atoms with E-state index in [0.29, 0.717) is 17.4 Å². The van der Waals surface area contributed by atoms with Crippen LogP contribution in [0.4, 0.5) is 8.78 Å². The van der Waals surface area contributed by atoms with Gasteiger partial charge in [0, 0.05) is 17.7 Å². The van der Waals surface area contributed by atoms with Crippen LogP contribution in [0.5, 0.6) is 0 Å². The molecular formula is C15H21F2N. The molecule has 1 aliphatic carbocycles. The first kappa shape index (κ1) is 13.5. The molecule has 0 bridgehead atoms. The van der Waals surface area contributed by atoms with E-state index in [2.05, 4.69) is 6.92 Å². The van der Waals surface area contributed by atoms with Crippen LogP contribution in [0.3, 0.4) is 0 Å². The largest absolute Gasteiger partial charge is 0.324 e. The highest BCUT2D eigenvalue weighted by molar-refractivity contribution is 5.22. The maximum Gasteiger partial charge on any atom is 0.130 e. The first-order valence-corrected chi connectivity index (χ1v) is 6.82. The van der Waals surface area contributed by atoms with E-state index in [1.165, 1.54) is 25.0 Å². The van der Waals surface area contributed by atoms with Crippen LogP contribution in [0, 0.1) is 23.5 Å². The Morgan fingerprint density at radius 2 is 2.11 bits per heavy atom. The highest BCUT2D eigenvalue weighted by atomic mass is 19.1. The summed E-state index contributed by atoms with van der Waals surface area (Å²) in [5.74, 6) is -0.0263. The van der Waals surface area contributed by atoms with Gasteiger partial charge in [-0.1, -0.05) is 32.3 Å². The van der Waals surface area contributed by atoms with Crippen LogP contribution in [0.2, 0.25) is 0 Å². The fraction of sp³-hybridized carbons (Fsp3) is 0.600. The van der Waals surface area contributed by atoms with Crippen LogP contribution in [-0.4, -0.2) is 0 Å². The molecule has 0 spiro atoms. The van der Waals surface area contributed by atoms with Gasteiger partial charge in [0.15, 0.2) is 0 Å². The van der Waals surface area contributed by atoms with E-state index in [0.717, 1.165) is 25.3 Å². The van der Waals surface area contributed by atoms with Gasteiger partial charge in [-0.15, -0.1) is 0 Å². The van der Waals surface area contributed by atoms with E-state index in [1.54, 1.807) is 0 Å². The van der Waals surface area contributed by atoms with Gasteiger partial charge in [0.25, 0.3) is 0 Å². The van der Waals surface area contributed by atoms with Crippen molar-refractivity contribution in [3.05, 3.63) is 35.4 Å². The molecule has 0 aliphatic heterocycles.